The van der Waals surface area contributed by atoms with Gasteiger partial charge in [-0.2, -0.15) is 18.2 Å². The molecule has 0 amide bonds. The van der Waals surface area contributed by atoms with Gasteiger partial charge < -0.3 is 14.8 Å². The highest BCUT2D eigenvalue weighted by Crippen LogP contribution is 2.39. The van der Waals surface area contributed by atoms with Crippen LogP contribution in [0.15, 0.2) is 48.5 Å². The molecule has 0 saturated heterocycles. The van der Waals surface area contributed by atoms with Gasteiger partial charge in [0.05, 0.1) is 0 Å². The van der Waals surface area contributed by atoms with Crippen LogP contribution in [0.5, 0.6) is 11.5 Å². The third kappa shape index (κ3) is 3.06. The van der Waals surface area contributed by atoms with Crippen LogP contribution in [0.3, 0.4) is 0 Å². The van der Waals surface area contributed by atoms with Crippen LogP contribution in [-0.2, 0) is 6.18 Å². The second-order valence-electron chi connectivity index (χ2n) is 6.47. The number of halogens is 4. The van der Waals surface area contributed by atoms with Gasteiger partial charge in [-0.1, -0.05) is 6.07 Å². The maximum atomic E-state index is 13.3. The number of nitrogens with zero attached hydrogens (tertiary/aromatic N) is 3. The van der Waals surface area contributed by atoms with E-state index in [1.54, 1.807) is 24.3 Å². The van der Waals surface area contributed by atoms with Crippen molar-refractivity contribution in [3.63, 3.8) is 0 Å². The zero-order valence-corrected chi connectivity index (χ0v) is 14.6. The first-order valence-corrected chi connectivity index (χ1v) is 8.56. The SMILES string of the molecule is Fc1ccc(C2=CC(c3ccc4c(c3)OCO4)n3nc(C(F)(F)F)nc3N2)cc1. The molecule has 29 heavy (non-hydrogen) atoms. The van der Waals surface area contributed by atoms with Gasteiger partial charge in [-0.25, -0.2) is 9.07 Å². The average molecular weight is 404 g/mol. The van der Waals surface area contributed by atoms with Crippen molar-refractivity contribution in [1.82, 2.24) is 14.8 Å². The van der Waals surface area contributed by atoms with Crippen molar-refractivity contribution in [1.29, 1.82) is 0 Å². The Balaban J connectivity index is 1.63. The molecule has 6 nitrogen and oxygen atoms in total. The highest BCUT2D eigenvalue weighted by Gasteiger charge is 2.39. The molecule has 2 aliphatic rings. The average Bonchev–Trinajstić information content (AvgIpc) is 3.33. The Morgan fingerprint density at radius 1 is 1.03 bits per heavy atom. The summed E-state index contributed by atoms with van der Waals surface area (Å²) in [5.41, 5.74) is 1.72. The number of allylic oxidation sites excluding steroid dienone is 1. The molecule has 0 fully saturated rings. The Morgan fingerprint density at radius 3 is 2.55 bits per heavy atom. The molecule has 1 atom stereocenters. The molecule has 148 valence electrons. The van der Waals surface area contributed by atoms with Crippen molar-refractivity contribution in [2.24, 2.45) is 0 Å². The Labute approximate surface area is 161 Å². The number of alkyl halides is 3. The van der Waals surface area contributed by atoms with E-state index in [0.29, 0.717) is 28.3 Å². The van der Waals surface area contributed by atoms with Gasteiger partial charge in [-0.15, -0.1) is 5.10 Å². The third-order valence-corrected chi connectivity index (χ3v) is 4.61. The fourth-order valence-corrected chi connectivity index (χ4v) is 3.25. The van der Waals surface area contributed by atoms with Gasteiger partial charge in [-0.3, -0.25) is 0 Å². The van der Waals surface area contributed by atoms with Crippen LogP contribution in [0.25, 0.3) is 5.70 Å². The largest absolute Gasteiger partial charge is 0.454 e. The second kappa shape index (κ2) is 6.23. The van der Waals surface area contributed by atoms with E-state index in [9.17, 15) is 17.6 Å². The highest BCUT2D eigenvalue weighted by atomic mass is 19.4. The van der Waals surface area contributed by atoms with E-state index in [1.165, 1.54) is 24.3 Å². The quantitative estimate of drug-likeness (QED) is 0.648. The molecule has 3 aromatic rings. The van der Waals surface area contributed by atoms with Crippen molar-refractivity contribution in [3.8, 4) is 11.5 Å². The molecule has 0 radical (unpaired) electrons. The predicted molar refractivity (Wildman–Crippen MR) is 93.7 cm³/mol. The van der Waals surface area contributed by atoms with Crippen molar-refractivity contribution >= 4 is 11.6 Å². The summed E-state index contributed by atoms with van der Waals surface area (Å²) in [4.78, 5) is 3.61. The Bertz CT molecular complexity index is 1120. The predicted octanol–water partition coefficient (Wildman–Crippen LogP) is 4.22. The Morgan fingerprint density at radius 2 is 1.79 bits per heavy atom. The molecule has 0 bridgehead atoms. The van der Waals surface area contributed by atoms with Crippen LogP contribution in [0.4, 0.5) is 23.5 Å². The van der Waals surface area contributed by atoms with Crippen molar-refractivity contribution in [3.05, 3.63) is 71.3 Å². The second-order valence-corrected chi connectivity index (χ2v) is 6.47. The lowest BCUT2D eigenvalue weighted by molar-refractivity contribution is -0.145. The molecular formula is C19H12F4N4O2. The monoisotopic (exact) mass is 404 g/mol. The number of rotatable bonds is 2. The Hall–Kier alpha value is -3.56. The number of nitrogens with one attached hydrogen (secondary N) is 1. The first kappa shape index (κ1) is 17.5. The summed E-state index contributed by atoms with van der Waals surface area (Å²) in [7, 11) is 0. The molecule has 0 aliphatic carbocycles. The minimum absolute atomic E-state index is 0.0678. The molecule has 2 aromatic carbocycles. The van der Waals surface area contributed by atoms with E-state index in [1.807, 2.05) is 0 Å². The number of fused-ring (bicyclic) bond motifs is 2. The number of hydrogen-bond donors (Lipinski definition) is 1. The van der Waals surface area contributed by atoms with Gasteiger partial charge in [-0.05, 0) is 53.6 Å². The highest BCUT2D eigenvalue weighted by molar-refractivity contribution is 5.77. The summed E-state index contributed by atoms with van der Waals surface area (Å²) in [6.45, 7) is 0.0779. The lowest BCUT2D eigenvalue weighted by Gasteiger charge is -2.24. The maximum Gasteiger partial charge on any atom is 0.453 e. The van der Waals surface area contributed by atoms with E-state index in [0.717, 1.165) is 4.68 Å². The topological polar surface area (TPSA) is 61.2 Å². The van der Waals surface area contributed by atoms with Gasteiger partial charge in [0.25, 0.3) is 5.82 Å². The summed E-state index contributed by atoms with van der Waals surface area (Å²) in [6, 6.07) is 10.0. The first-order valence-electron chi connectivity index (χ1n) is 8.56. The molecule has 1 N–H and O–H groups in total. The summed E-state index contributed by atoms with van der Waals surface area (Å²) < 4.78 is 64.7. The van der Waals surface area contributed by atoms with Gasteiger partial charge >= 0.3 is 6.18 Å². The van der Waals surface area contributed by atoms with Gasteiger partial charge in [0, 0.05) is 5.70 Å². The number of benzene rings is 2. The van der Waals surface area contributed by atoms with Crippen LogP contribution in [0.1, 0.15) is 23.0 Å². The van der Waals surface area contributed by atoms with Crippen LogP contribution in [0, 0.1) is 5.82 Å². The molecule has 0 spiro atoms. The van der Waals surface area contributed by atoms with E-state index in [2.05, 4.69) is 15.4 Å². The smallest absolute Gasteiger partial charge is 0.453 e. The number of hydrogen-bond acceptors (Lipinski definition) is 5. The van der Waals surface area contributed by atoms with E-state index in [-0.39, 0.29) is 12.7 Å². The molecule has 2 aliphatic heterocycles. The summed E-state index contributed by atoms with van der Waals surface area (Å²) in [5, 5.41) is 6.51. The number of anilines is 1. The van der Waals surface area contributed by atoms with Crippen molar-refractivity contribution in [2.75, 3.05) is 12.1 Å². The minimum atomic E-state index is -4.69. The van der Waals surface area contributed by atoms with Gasteiger partial charge in [0.1, 0.15) is 11.9 Å². The fourth-order valence-electron chi connectivity index (χ4n) is 3.25. The lowest BCUT2D eigenvalue weighted by atomic mass is 10.0. The number of aromatic nitrogens is 3. The lowest BCUT2D eigenvalue weighted by Crippen LogP contribution is -2.20. The zero-order chi connectivity index (χ0) is 20.2. The van der Waals surface area contributed by atoms with E-state index >= 15 is 0 Å². The molecule has 1 unspecified atom stereocenters. The Kier molecular flexibility index (Phi) is 3.76. The molecule has 0 saturated carbocycles. The fraction of sp³-hybridized carbons (Fsp3) is 0.158. The molecule has 3 heterocycles. The number of ether oxygens (including phenoxy) is 2. The van der Waals surface area contributed by atoms with Gasteiger partial charge in [0.15, 0.2) is 11.5 Å². The standard InChI is InChI=1S/C19H12F4N4O2/c20-12-4-1-10(2-5-12)13-8-14(11-3-6-15-16(7-11)29-9-28-15)27-18(24-13)25-17(26-27)19(21,22)23/h1-8,14H,9H2,(H,24,25,26). The molecule has 5 rings (SSSR count). The van der Waals surface area contributed by atoms with E-state index < -0.39 is 23.9 Å². The van der Waals surface area contributed by atoms with Crippen LogP contribution >= 0.6 is 0 Å². The molecule has 1 aromatic heterocycles. The zero-order valence-electron chi connectivity index (χ0n) is 14.6. The van der Waals surface area contributed by atoms with Gasteiger partial charge in [0.2, 0.25) is 12.7 Å². The summed E-state index contributed by atoms with van der Waals surface area (Å²) in [6.07, 6.45) is -2.99. The van der Waals surface area contributed by atoms with Crippen LogP contribution < -0.4 is 14.8 Å². The normalized spacial score (nSPS) is 17.5. The molecular weight excluding hydrogens is 392 g/mol. The first-order chi connectivity index (χ1) is 13.9. The summed E-state index contributed by atoms with van der Waals surface area (Å²) >= 11 is 0. The molecule has 10 heteroatoms. The van der Waals surface area contributed by atoms with E-state index in [4.69, 9.17) is 9.47 Å². The van der Waals surface area contributed by atoms with Crippen LogP contribution in [-0.4, -0.2) is 21.6 Å². The van der Waals surface area contributed by atoms with Crippen LogP contribution in [0.2, 0.25) is 0 Å². The third-order valence-electron chi connectivity index (χ3n) is 4.61. The van der Waals surface area contributed by atoms with Crippen molar-refractivity contribution in [2.45, 2.75) is 12.2 Å². The summed E-state index contributed by atoms with van der Waals surface area (Å²) in [5.74, 6) is -0.683. The minimum Gasteiger partial charge on any atom is -0.454 e. The van der Waals surface area contributed by atoms with Crippen molar-refractivity contribution < 1.29 is 27.0 Å². The maximum absolute atomic E-state index is 13.3.